The van der Waals surface area contributed by atoms with E-state index in [9.17, 15) is 0 Å². The molecule has 0 bridgehead atoms. The molecule has 0 radical (unpaired) electrons. The van der Waals surface area contributed by atoms with Crippen molar-refractivity contribution in [2.75, 3.05) is 0 Å². The molecule has 0 amide bonds. The molecule has 5 aromatic rings. The average molecular weight is 431 g/mol. The Morgan fingerprint density at radius 3 is 2.45 bits per heavy atom. The molecule has 0 atom stereocenters. The van der Waals surface area contributed by atoms with Gasteiger partial charge in [0.15, 0.2) is 6.20 Å². The maximum atomic E-state index is 6.68. The number of nitrogens with zero attached hydrogens (tertiary/aromatic N) is 1. The van der Waals surface area contributed by atoms with Crippen LogP contribution in [0.5, 0.6) is 0 Å². The summed E-state index contributed by atoms with van der Waals surface area (Å²) in [4.78, 5) is 0. The van der Waals surface area contributed by atoms with Crippen LogP contribution in [0.15, 0.2) is 71.3 Å². The second-order valence-electron chi connectivity index (χ2n) is 10.1. The van der Waals surface area contributed by atoms with Crippen LogP contribution in [0, 0.1) is 13.8 Å². The van der Waals surface area contributed by atoms with Gasteiger partial charge in [-0.15, -0.1) is 0 Å². The first-order valence-corrected chi connectivity index (χ1v) is 12.1. The fourth-order valence-electron chi connectivity index (χ4n) is 6.81. The molecular formula is C31H28NO+. The van der Waals surface area contributed by atoms with Crippen LogP contribution in [0.1, 0.15) is 47.9 Å². The summed E-state index contributed by atoms with van der Waals surface area (Å²) >= 11 is 0. The molecule has 2 aromatic heterocycles. The first-order valence-electron chi connectivity index (χ1n) is 12.1. The number of pyridine rings is 1. The van der Waals surface area contributed by atoms with Crippen LogP contribution in [-0.4, -0.2) is 0 Å². The fraction of sp³-hybridized carbons (Fsp3) is 0.258. The van der Waals surface area contributed by atoms with Crippen molar-refractivity contribution in [3.05, 3.63) is 89.1 Å². The van der Waals surface area contributed by atoms with Crippen molar-refractivity contribution < 1.29 is 8.98 Å². The summed E-state index contributed by atoms with van der Waals surface area (Å²) in [5, 5.41) is 2.52. The van der Waals surface area contributed by atoms with Gasteiger partial charge in [0, 0.05) is 27.8 Å². The third-order valence-corrected chi connectivity index (χ3v) is 8.24. The zero-order valence-electron chi connectivity index (χ0n) is 19.5. The third kappa shape index (κ3) is 2.41. The van der Waals surface area contributed by atoms with Crippen LogP contribution < -0.4 is 4.57 Å². The van der Waals surface area contributed by atoms with Gasteiger partial charge in [-0.25, -0.2) is 4.57 Å². The van der Waals surface area contributed by atoms with Crippen LogP contribution in [-0.2, 0) is 12.5 Å². The van der Waals surface area contributed by atoms with Gasteiger partial charge in [0.25, 0.3) is 0 Å². The van der Waals surface area contributed by atoms with E-state index >= 15 is 0 Å². The summed E-state index contributed by atoms with van der Waals surface area (Å²) in [6.07, 6.45) is 7.31. The maximum Gasteiger partial charge on any atom is 0.216 e. The lowest BCUT2D eigenvalue weighted by Gasteiger charge is -2.26. The van der Waals surface area contributed by atoms with Crippen LogP contribution in [0.4, 0.5) is 0 Å². The summed E-state index contributed by atoms with van der Waals surface area (Å²) in [5.74, 6) is 0. The average Bonchev–Trinajstić information content (AvgIpc) is 3.51. The minimum atomic E-state index is 0.181. The fourth-order valence-corrected chi connectivity index (χ4v) is 6.81. The first kappa shape index (κ1) is 19.1. The van der Waals surface area contributed by atoms with Crippen LogP contribution in [0.25, 0.3) is 44.3 Å². The number of hydrogen-bond donors (Lipinski definition) is 0. The van der Waals surface area contributed by atoms with Gasteiger partial charge < -0.3 is 4.42 Å². The maximum absolute atomic E-state index is 6.68. The molecule has 3 aromatic carbocycles. The summed E-state index contributed by atoms with van der Waals surface area (Å²) in [6, 6.07) is 22.7. The molecule has 2 nitrogen and oxygen atoms in total. The summed E-state index contributed by atoms with van der Waals surface area (Å²) in [6.45, 7) is 4.33. The number of furan rings is 1. The Balaban J connectivity index is 1.61. The van der Waals surface area contributed by atoms with Gasteiger partial charge in [-0.1, -0.05) is 55.3 Å². The number of aryl methyl sites for hydroxylation is 3. The monoisotopic (exact) mass is 430 g/mol. The molecule has 1 saturated carbocycles. The molecule has 2 aliphatic carbocycles. The SMILES string of the molecule is Cc1ccc(-c2c(C)ccc3c2oc2ccc4c(c23)-c2ccccc2C42CCCC2)[n+](C)c1. The first-order chi connectivity index (χ1) is 16.1. The summed E-state index contributed by atoms with van der Waals surface area (Å²) in [7, 11) is 2.13. The van der Waals surface area contributed by atoms with E-state index in [4.69, 9.17) is 4.42 Å². The van der Waals surface area contributed by atoms with Crippen LogP contribution in [0.2, 0.25) is 0 Å². The molecule has 2 aliphatic rings. The van der Waals surface area contributed by atoms with E-state index < -0.39 is 0 Å². The Kier molecular flexibility index (Phi) is 3.81. The van der Waals surface area contributed by atoms with Crippen molar-refractivity contribution >= 4 is 21.9 Å². The Bertz CT molecular complexity index is 1600. The quantitative estimate of drug-likeness (QED) is 0.251. The molecule has 0 saturated heterocycles. The summed E-state index contributed by atoms with van der Waals surface area (Å²) in [5.41, 5.74) is 12.9. The third-order valence-electron chi connectivity index (χ3n) is 8.24. The van der Waals surface area contributed by atoms with E-state index in [2.05, 4.69) is 92.3 Å². The Hall–Kier alpha value is -3.39. The normalized spacial score (nSPS) is 16.1. The van der Waals surface area contributed by atoms with Gasteiger partial charge in [0.1, 0.15) is 18.2 Å². The zero-order valence-corrected chi connectivity index (χ0v) is 19.5. The molecule has 2 heteroatoms. The highest BCUT2D eigenvalue weighted by atomic mass is 16.3. The van der Waals surface area contributed by atoms with Crippen molar-refractivity contribution in [1.29, 1.82) is 0 Å². The molecule has 2 heterocycles. The summed E-state index contributed by atoms with van der Waals surface area (Å²) < 4.78 is 8.90. The largest absolute Gasteiger partial charge is 0.455 e. The number of hydrogen-bond acceptors (Lipinski definition) is 1. The second-order valence-corrected chi connectivity index (χ2v) is 10.1. The smallest absolute Gasteiger partial charge is 0.216 e. The minimum absolute atomic E-state index is 0.181. The van der Waals surface area contributed by atoms with E-state index in [0.29, 0.717) is 0 Å². The number of benzene rings is 3. The number of fused-ring (bicyclic) bond motifs is 9. The lowest BCUT2D eigenvalue weighted by atomic mass is 9.76. The molecule has 0 N–H and O–H groups in total. The highest BCUT2D eigenvalue weighted by molar-refractivity contribution is 6.17. The van der Waals surface area contributed by atoms with Crippen molar-refractivity contribution in [3.63, 3.8) is 0 Å². The van der Waals surface area contributed by atoms with E-state index in [1.165, 1.54) is 81.1 Å². The zero-order chi connectivity index (χ0) is 22.3. The Morgan fingerprint density at radius 1 is 0.818 bits per heavy atom. The topological polar surface area (TPSA) is 17.0 Å². The van der Waals surface area contributed by atoms with E-state index in [0.717, 1.165) is 11.2 Å². The molecular weight excluding hydrogens is 402 g/mol. The van der Waals surface area contributed by atoms with Crippen molar-refractivity contribution in [3.8, 4) is 22.4 Å². The predicted molar refractivity (Wildman–Crippen MR) is 134 cm³/mol. The predicted octanol–water partition coefficient (Wildman–Crippen LogP) is 7.53. The van der Waals surface area contributed by atoms with Crippen LogP contribution in [0.3, 0.4) is 0 Å². The lowest BCUT2D eigenvalue weighted by Crippen LogP contribution is -2.31. The molecule has 0 unspecified atom stereocenters. The molecule has 33 heavy (non-hydrogen) atoms. The standard InChI is InChI=1S/C31H28NO/c1-19-10-14-25(32(3)18-19)27-20(2)11-12-22-29-26(33-30(22)27)15-13-24-28(29)21-8-4-5-9-23(21)31(24)16-6-7-17-31/h4-5,8-15,18H,6-7,16-17H2,1-3H3/q+1. The van der Waals surface area contributed by atoms with Gasteiger partial charge in [0.2, 0.25) is 5.69 Å². The lowest BCUT2D eigenvalue weighted by molar-refractivity contribution is -0.660. The van der Waals surface area contributed by atoms with Gasteiger partial charge in [-0.05, 0) is 66.6 Å². The number of rotatable bonds is 1. The van der Waals surface area contributed by atoms with Gasteiger partial charge in [0.05, 0.1) is 5.56 Å². The second kappa shape index (κ2) is 6.57. The molecule has 1 spiro atoms. The molecule has 0 aliphatic heterocycles. The Labute approximate surface area is 194 Å². The van der Waals surface area contributed by atoms with Gasteiger partial charge >= 0.3 is 0 Å². The molecule has 162 valence electrons. The molecule has 7 rings (SSSR count). The number of aromatic nitrogens is 1. The Morgan fingerprint density at radius 2 is 1.64 bits per heavy atom. The highest BCUT2D eigenvalue weighted by Crippen LogP contribution is 2.59. The van der Waals surface area contributed by atoms with E-state index in [1.807, 2.05) is 0 Å². The van der Waals surface area contributed by atoms with Gasteiger partial charge in [-0.3, -0.25) is 0 Å². The van der Waals surface area contributed by atoms with E-state index in [-0.39, 0.29) is 5.41 Å². The van der Waals surface area contributed by atoms with Crippen molar-refractivity contribution in [1.82, 2.24) is 0 Å². The highest BCUT2D eigenvalue weighted by Gasteiger charge is 2.45. The minimum Gasteiger partial charge on any atom is -0.455 e. The van der Waals surface area contributed by atoms with Crippen molar-refractivity contribution in [2.45, 2.75) is 44.9 Å². The molecule has 1 fully saturated rings. The van der Waals surface area contributed by atoms with Gasteiger partial charge in [-0.2, -0.15) is 0 Å². The van der Waals surface area contributed by atoms with Crippen molar-refractivity contribution in [2.24, 2.45) is 7.05 Å². The van der Waals surface area contributed by atoms with E-state index in [1.54, 1.807) is 0 Å². The van der Waals surface area contributed by atoms with Crippen LogP contribution >= 0.6 is 0 Å².